The van der Waals surface area contributed by atoms with Crippen molar-refractivity contribution < 1.29 is 24.6 Å². The molecule has 94 valence electrons. The fourth-order valence-electron chi connectivity index (χ4n) is 0.976. The van der Waals surface area contributed by atoms with E-state index in [-0.39, 0.29) is 0 Å². The quantitative estimate of drug-likeness (QED) is 0.359. The summed E-state index contributed by atoms with van der Waals surface area (Å²) in [5.74, 6) is -0.315. The molecule has 0 aromatic heterocycles. The van der Waals surface area contributed by atoms with Gasteiger partial charge in [-0.2, -0.15) is 0 Å². The average Bonchev–Trinajstić information content (AvgIpc) is 2.22. The molecule has 0 saturated heterocycles. The minimum Gasteiger partial charge on any atom is -0.481 e. The van der Waals surface area contributed by atoms with Gasteiger partial charge in [0, 0.05) is 13.0 Å². The Hall–Kier alpha value is -2.23. The normalized spacial score (nSPS) is 11.0. The predicted molar refractivity (Wildman–Crippen MR) is 58.3 cm³/mol. The number of hydrogen-bond donors (Lipinski definition) is 4. The Kier molecular flexibility index (Phi) is 6.94. The van der Waals surface area contributed by atoms with Crippen molar-refractivity contribution in [2.45, 2.75) is 25.3 Å². The van der Waals surface area contributed by atoms with Crippen LogP contribution in [0.4, 0.5) is 4.79 Å². The zero-order chi connectivity index (χ0) is 13.3. The van der Waals surface area contributed by atoms with E-state index < -0.39 is 30.4 Å². The molecule has 0 aliphatic heterocycles. The fourth-order valence-corrected chi connectivity index (χ4v) is 0.976. The lowest BCUT2D eigenvalue weighted by Gasteiger charge is -2.12. The van der Waals surface area contributed by atoms with E-state index in [1.807, 2.05) is 5.32 Å². The molecule has 1 atom stereocenters. The molecule has 0 radical (unpaired) electrons. The Morgan fingerprint density at radius 2 is 1.94 bits per heavy atom. The first kappa shape index (κ1) is 14.8. The van der Waals surface area contributed by atoms with Gasteiger partial charge in [0.05, 0.1) is 6.42 Å². The van der Waals surface area contributed by atoms with Crippen molar-refractivity contribution in [2.24, 2.45) is 0 Å². The summed E-state index contributed by atoms with van der Waals surface area (Å²) in [5, 5.41) is 21.5. The van der Waals surface area contributed by atoms with Gasteiger partial charge in [-0.25, -0.2) is 9.59 Å². The summed E-state index contributed by atoms with van der Waals surface area (Å²) in [6.07, 6.45) is 5.39. The standard InChI is InChI=1S/C10H14N2O5/c1-2-3-4-5-11-10(17)12-7(9(15)16)6-8(13)14/h1,7H,3-6H2,(H,13,14)(H,15,16)(H2,11,12,17)/t7-/m1/s1. The predicted octanol–water partition coefficient (Wildman–Crippen LogP) is -0.373. The van der Waals surface area contributed by atoms with E-state index in [1.54, 1.807) is 0 Å². The molecule has 0 aromatic carbocycles. The number of carbonyl (C=O) groups is 3. The summed E-state index contributed by atoms with van der Waals surface area (Å²) in [6.45, 7) is 0.301. The minimum atomic E-state index is -1.44. The number of urea groups is 1. The van der Waals surface area contributed by atoms with Crippen LogP contribution in [0.1, 0.15) is 19.3 Å². The largest absolute Gasteiger partial charge is 0.481 e. The summed E-state index contributed by atoms with van der Waals surface area (Å²) in [5.41, 5.74) is 0. The van der Waals surface area contributed by atoms with Gasteiger partial charge in [0.15, 0.2) is 0 Å². The van der Waals surface area contributed by atoms with Crippen LogP contribution in [0.25, 0.3) is 0 Å². The third-order valence-electron chi connectivity index (χ3n) is 1.77. The van der Waals surface area contributed by atoms with Crippen molar-refractivity contribution in [3.63, 3.8) is 0 Å². The molecule has 0 fully saturated rings. The molecule has 0 aromatic rings. The number of rotatable bonds is 7. The fraction of sp³-hybridized carbons (Fsp3) is 0.500. The van der Waals surface area contributed by atoms with Gasteiger partial charge in [-0.15, -0.1) is 12.3 Å². The molecule has 2 amide bonds. The third-order valence-corrected chi connectivity index (χ3v) is 1.77. The van der Waals surface area contributed by atoms with E-state index in [0.29, 0.717) is 19.4 Å². The molecule has 4 N–H and O–H groups in total. The van der Waals surface area contributed by atoms with Crippen LogP contribution < -0.4 is 10.6 Å². The first-order valence-corrected chi connectivity index (χ1v) is 4.89. The highest BCUT2D eigenvalue weighted by atomic mass is 16.4. The molecule has 7 nitrogen and oxygen atoms in total. The second-order valence-corrected chi connectivity index (χ2v) is 3.20. The molecule has 0 unspecified atom stereocenters. The maximum atomic E-state index is 11.2. The maximum Gasteiger partial charge on any atom is 0.326 e. The highest BCUT2D eigenvalue weighted by Crippen LogP contribution is 1.92. The molecule has 7 heteroatoms. The Bertz CT molecular complexity index is 334. The Balaban J connectivity index is 4.01. The summed E-state index contributed by atoms with van der Waals surface area (Å²) >= 11 is 0. The first-order chi connectivity index (χ1) is 7.97. The molecule has 17 heavy (non-hydrogen) atoms. The summed E-state index contributed by atoms with van der Waals surface area (Å²) in [6, 6.07) is -2.17. The zero-order valence-corrected chi connectivity index (χ0v) is 9.10. The number of amides is 2. The van der Waals surface area contributed by atoms with E-state index in [4.69, 9.17) is 16.6 Å². The SMILES string of the molecule is C#CCCCNC(=O)N[C@H](CC(=O)O)C(=O)O. The Labute approximate surface area is 98.2 Å². The lowest BCUT2D eigenvalue weighted by molar-refractivity contribution is -0.145. The smallest absolute Gasteiger partial charge is 0.326 e. The molecule has 0 saturated carbocycles. The molecule has 0 spiro atoms. The van der Waals surface area contributed by atoms with Crippen molar-refractivity contribution >= 4 is 18.0 Å². The highest BCUT2D eigenvalue weighted by Gasteiger charge is 2.22. The van der Waals surface area contributed by atoms with Gasteiger partial charge in [-0.05, 0) is 6.42 Å². The van der Waals surface area contributed by atoms with Crippen molar-refractivity contribution in [3.8, 4) is 12.3 Å². The average molecular weight is 242 g/mol. The molecular formula is C10H14N2O5. The number of terminal acetylenes is 1. The van der Waals surface area contributed by atoms with Gasteiger partial charge in [-0.1, -0.05) is 0 Å². The number of nitrogens with one attached hydrogen (secondary N) is 2. The van der Waals surface area contributed by atoms with Gasteiger partial charge in [0.25, 0.3) is 0 Å². The third kappa shape index (κ3) is 7.67. The van der Waals surface area contributed by atoms with Crippen LogP contribution in [0.5, 0.6) is 0 Å². The van der Waals surface area contributed by atoms with Crippen LogP contribution in [-0.2, 0) is 9.59 Å². The zero-order valence-electron chi connectivity index (χ0n) is 9.10. The first-order valence-electron chi connectivity index (χ1n) is 4.89. The maximum absolute atomic E-state index is 11.2. The number of unbranched alkanes of at least 4 members (excludes halogenated alkanes) is 1. The van der Waals surface area contributed by atoms with Gasteiger partial charge in [0.2, 0.25) is 0 Å². The minimum absolute atomic E-state index is 0.301. The second kappa shape index (κ2) is 7.98. The van der Waals surface area contributed by atoms with Crippen LogP contribution in [0.2, 0.25) is 0 Å². The monoisotopic (exact) mass is 242 g/mol. The van der Waals surface area contributed by atoms with Crippen molar-refractivity contribution in [1.82, 2.24) is 10.6 Å². The summed E-state index contributed by atoms with van der Waals surface area (Å²) in [7, 11) is 0. The molecule has 0 rings (SSSR count). The van der Waals surface area contributed by atoms with Crippen LogP contribution in [0, 0.1) is 12.3 Å². The van der Waals surface area contributed by atoms with E-state index in [2.05, 4.69) is 11.2 Å². The number of carbonyl (C=O) groups excluding carboxylic acids is 1. The van der Waals surface area contributed by atoms with Crippen LogP contribution in [-0.4, -0.2) is 40.8 Å². The summed E-state index contributed by atoms with van der Waals surface area (Å²) in [4.78, 5) is 32.1. The number of hydrogen-bond acceptors (Lipinski definition) is 3. The van der Waals surface area contributed by atoms with E-state index in [9.17, 15) is 14.4 Å². The molecule has 0 aliphatic rings. The van der Waals surface area contributed by atoms with Gasteiger partial charge >= 0.3 is 18.0 Å². The van der Waals surface area contributed by atoms with Crippen molar-refractivity contribution in [3.05, 3.63) is 0 Å². The van der Waals surface area contributed by atoms with Gasteiger partial charge in [0.1, 0.15) is 6.04 Å². The highest BCUT2D eigenvalue weighted by molar-refractivity contribution is 5.86. The molecular weight excluding hydrogens is 228 g/mol. The van der Waals surface area contributed by atoms with E-state index >= 15 is 0 Å². The van der Waals surface area contributed by atoms with E-state index in [1.165, 1.54) is 0 Å². The number of aliphatic carboxylic acids is 2. The van der Waals surface area contributed by atoms with Crippen LogP contribution >= 0.6 is 0 Å². The molecule has 0 bridgehead atoms. The molecule has 0 aliphatic carbocycles. The second-order valence-electron chi connectivity index (χ2n) is 3.20. The number of carboxylic acids is 2. The lowest BCUT2D eigenvalue weighted by atomic mass is 10.2. The van der Waals surface area contributed by atoms with Crippen molar-refractivity contribution in [1.29, 1.82) is 0 Å². The van der Waals surface area contributed by atoms with Crippen molar-refractivity contribution in [2.75, 3.05) is 6.54 Å². The number of carboxylic acid groups (broad SMARTS) is 2. The molecule has 0 heterocycles. The van der Waals surface area contributed by atoms with Crippen LogP contribution in [0.15, 0.2) is 0 Å². The van der Waals surface area contributed by atoms with Gasteiger partial charge in [-0.3, -0.25) is 4.79 Å². The Morgan fingerprint density at radius 3 is 2.41 bits per heavy atom. The summed E-state index contributed by atoms with van der Waals surface area (Å²) < 4.78 is 0. The van der Waals surface area contributed by atoms with Gasteiger partial charge < -0.3 is 20.8 Å². The topological polar surface area (TPSA) is 116 Å². The Morgan fingerprint density at radius 1 is 1.29 bits per heavy atom. The lowest BCUT2D eigenvalue weighted by Crippen LogP contribution is -2.47. The van der Waals surface area contributed by atoms with Crippen LogP contribution in [0.3, 0.4) is 0 Å². The van der Waals surface area contributed by atoms with E-state index in [0.717, 1.165) is 0 Å².